The summed E-state index contributed by atoms with van der Waals surface area (Å²) in [6, 6.07) is 24.4. The number of anilines is 2. The van der Waals surface area contributed by atoms with Crippen LogP contribution in [-0.4, -0.2) is 32.5 Å². The van der Waals surface area contributed by atoms with Crippen molar-refractivity contribution in [1.82, 2.24) is 5.43 Å². The molecule has 0 atom stereocenters. The van der Waals surface area contributed by atoms with Crippen LogP contribution in [0, 0.1) is 12.7 Å². The molecule has 0 fully saturated rings. The van der Waals surface area contributed by atoms with Crippen LogP contribution in [0.25, 0.3) is 0 Å². The van der Waals surface area contributed by atoms with Crippen LogP contribution < -0.4 is 15.0 Å². The van der Waals surface area contributed by atoms with Gasteiger partial charge in [0.2, 0.25) is 0 Å². The van der Waals surface area contributed by atoms with Crippen molar-refractivity contribution in [2.24, 2.45) is 5.10 Å². The largest absolute Gasteiger partial charge is 0.322 e. The number of carbonyl (C=O) groups excluding carboxylic acids is 2. The first-order valence-corrected chi connectivity index (χ1v) is 14.2. The fourth-order valence-electron chi connectivity index (χ4n) is 3.79. The molecule has 0 bridgehead atoms. The van der Waals surface area contributed by atoms with E-state index in [4.69, 9.17) is 11.6 Å². The molecule has 0 aliphatic carbocycles. The van der Waals surface area contributed by atoms with Crippen LogP contribution in [0.4, 0.5) is 15.8 Å². The zero-order chi connectivity index (χ0) is 29.6. The molecule has 0 aromatic heterocycles. The van der Waals surface area contributed by atoms with Gasteiger partial charge >= 0.3 is 0 Å². The number of hydrazone groups is 1. The molecule has 0 saturated carbocycles. The van der Waals surface area contributed by atoms with Crippen LogP contribution >= 0.6 is 11.6 Å². The lowest BCUT2D eigenvalue weighted by Crippen LogP contribution is -2.39. The third-order valence-electron chi connectivity index (χ3n) is 5.98. The number of aryl methyl sites for hydroxylation is 1. The van der Waals surface area contributed by atoms with Gasteiger partial charge in [-0.05, 0) is 86.1 Å². The number of amides is 2. The molecular formula is C30H26ClFN4O4S. The van der Waals surface area contributed by atoms with Gasteiger partial charge < -0.3 is 5.32 Å². The van der Waals surface area contributed by atoms with Crippen molar-refractivity contribution in [2.45, 2.75) is 18.7 Å². The van der Waals surface area contributed by atoms with Crippen molar-refractivity contribution in [3.8, 4) is 0 Å². The summed E-state index contributed by atoms with van der Waals surface area (Å²) in [6.07, 6.45) is 0. The Balaban J connectivity index is 1.50. The molecule has 41 heavy (non-hydrogen) atoms. The number of rotatable bonds is 9. The number of halogens is 2. The summed E-state index contributed by atoms with van der Waals surface area (Å²) < 4.78 is 41.2. The van der Waals surface area contributed by atoms with E-state index in [0.717, 1.165) is 34.1 Å². The molecule has 2 N–H and O–H groups in total. The van der Waals surface area contributed by atoms with Crippen LogP contribution in [0.2, 0.25) is 5.02 Å². The van der Waals surface area contributed by atoms with Crippen molar-refractivity contribution < 1.29 is 22.4 Å². The first-order valence-electron chi connectivity index (χ1n) is 12.4. The quantitative estimate of drug-likeness (QED) is 0.190. The number of carbonyl (C=O) groups is 2. The molecule has 8 nitrogen and oxygen atoms in total. The fraction of sp³-hybridized carbons (Fsp3) is 0.100. The molecular weight excluding hydrogens is 567 g/mol. The second kappa shape index (κ2) is 12.8. The maximum atomic E-state index is 13.4. The van der Waals surface area contributed by atoms with E-state index in [1.807, 2.05) is 6.92 Å². The number of benzene rings is 4. The van der Waals surface area contributed by atoms with Crippen molar-refractivity contribution in [3.63, 3.8) is 0 Å². The molecule has 2 amide bonds. The molecule has 11 heteroatoms. The first kappa shape index (κ1) is 29.4. The molecule has 0 saturated heterocycles. The van der Waals surface area contributed by atoms with Gasteiger partial charge in [-0.1, -0.05) is 47.5 Å². The molecule has 4 aromatic rings. The van der Waals surface area contributed by atoms with Crippen LogP contribution in [0.3, 0.4) is 0 Å². The molecule has 4 rings (SSSR count). The van der Waals surface area contributed by atoms with Gasteiger partial charge in [-0.2, -0.15) is 5.10 Å². The molecule has 0 aliphatic heterocycles. The number of nitrogens with zero attached hydrogens (tertiary/aromatic N) is 2. The van der Waals surface area contributed by atoms with Gasteiger partial charge in [-0.25, -0.2) is 18.2 Å². The predicted molar refractivity (Wildman–Crippen MR) is 158 cm³/mol. The smallest absolute Gasteiger partial charge is 0.264 e. The Bertz CT molecular complexity index is 1710. The van der Waals surface area contributed by atoms with E-state index in [1.54, 1.807) is 79.7 Å². The standard InChI is InChI=1S/C30H26ClFN4O4S/c1-20-9-13-27(14-10-20)36(41(39,40)28-15-11-25(32)12-16-28)19-29(37)35-34-21(2)22-5-4-8-26(18-22)33-30(38)23-6-3-7-24(31)17-23/h3-18H,19H2,1-2H3,(H,33,38)(H,35,37)/b34-21+. The van der Waals surface area contributed by atoms with Crippen LogP contribution in [0.5, 0.6) is 0 Å². The summed E-state index contributed by atoms with van der Waals surface area (Å²) in [5.41, 5.74) is 5.50. The average molecular weight is 593 g/mol. The van der Waals surface area contributed by atoms with Gasteiger partial charge in [-0.15, -0.1) is 0 Å². The third kappa shape index (κ3) is 7.56. The van der Waals surface area contributed by atoms with Gasteiger partial charge in [0.15, 0.2) is 0 Å². The van der Waals surface area contributed by atoms with Crippen molar-refractivity contribution in [2.75, 3.05) is 16.2 Å². The average Bonchev–Trinajstić information content (AvgIpc) is 2.95. The minimum absolute atomic E-state index is 0.163. The highest BCUT2D eigenvalue weighted by Gasteiger charge is 2.27. The minimum atomic E-state index is -4.20. The Morgan fingerprint density at radius 2 is 1.56 bits per heavy atom. The van der Waals surface area contributed by atoms with E-state index in [-0.39, 0.29) is 16.5 Å². The minimum Gasteiger partial charge on any atom is -0.322 e. The van der Waals surface area contributed by atoms with Crippen LogP contribution in [0.1, 0.15) is 28.4 Å². The van der Waals surface area contributed by atoms with Crippen molar-refractivity contribution >= 4 is 50.5 Å². The number of nitrogens with one attached hydrogen (secondary N) is 2. The lowest BCUT2D eigenvalue weighted by molar-refractivity contribution is -0.119. The van der Waals surface area contributed by atoms with Crippen LogP contribution in [-0.2, 0) is 14.8 Å². The Morgan fingerprint density at radius 3 is 2.24 bits per heavy atom. The zero-order valence-corrected chi connectivity index (χ0v) is 23.7. The first-order chi connectivity index (χ1) is 19.5. The monoisotopic (exact) mass is 592 g/mol. The summed E-state index contributed by atoms with van der Waals surface area (Å²) in [4.78, 5) is 25.3. The maximum Gasteiger partial charge on any atom is 0.264 e. The second-order valence-corrected chi connectivity index (χ2v) is 11.4. The molecule has 210 valence electrons. The zero-order valence-electron chi connectivity index (χ0n) is 22.1. The van der Waals surface area contributed by atoms with Crippen LogP contribution in [0.15, 0.2) is 107 Å². The summed E-state index contributed by atoms with van der Waals surface area (Å²) in [5.74, 6) is -1.62. The molecule has 0 heterocycles. The normalized spacial score (nSPS) is 11.6. The fourth-order valence-corrected chi connectivity index (χ4v) is 5.40. The second-order valence-electron chi connectivity index (χ2n) is 9.08. The Labute approximate surface area is 242 Å². The van der Waals surface area contributed by atoms with Crippen molar-refractivity contribution in [1.29, 1.82) is 0 Å². The molecule has 0 spiro atoms. The Hall–Kier alpha value is -4.54. The predicted octanol–water partition coefficient (Wildman–Crippen LogP) is 5.78. The van der Waals surface area contributed by atoms with E-state index < -0.39 is 28.3 Å². The highest BCUT2D eigenvalue weighted by Crippen LogP contribution is 2.24. The summed E-state index contributed by atoms with van der Waals surface area (Å²) in [7, 11) is -4.20. The maximum absolute atomic E-state index is 13.4. The topological polar surface area (TPSA) is 108 Å². The van der Waals surface area contributed by atoms with Gasteiger partial charge in [-0.3, -0.25) is 13.9 Å². The summed E-state index contributed by atoms with van der Waals surface area (Å²) in [6.45, 7) is 2.94. The Morgan fingerprint density at radius 1 is 0.902 bits per heavy atom. The van der Waals surface area contributed by atoms with E-state index in [0.29, 0.717) is 27.5 Å². The number of hydrogen-bond donors (Lipinski definition) is 2. The molecule has 0 aliphatic rings. The summed E-state index contributed by atoms with van der Waals surface area (Å²) in [5, 5.41) is 7.36. The van der Waals surface area contributed by atoms with Gasteiger partial charge in [0, 0.05) is 16.3 Å². The van der Waals surface area contributed by atoms with Gasteiger partial charge in [0.25, 0.3) is 21.8 Å². The van der Waals surface area contributed by atoms with Gasteiger partial charge in [0.05, 0.1) is 16.3 Å². The van der Waals surface area contributed by atoms with Gasteiger partial charge in [0.1, 0.15) is 12.4 Å². The number of sulfonamides is 1. The number of hydrogen-bond acceptors (Lipinski definition) is 5. The lowest BCUT2D eigenvalue weighted by Gasteiger charge is -2.24. The van der Waals surface area contributed by atoms with E-state index in [1.165, 1.54) is 0 Å². The van der Waals surface area contributed by atoms with Crippen molar-refractivity contribution in [3.05, 3.63) is 125 Å². The van der Waals surface area contributed by atoms with E-state index in [9.17, 15) is 22.4 Å². The molecule has 4 aromatic carbocycles. The lowest BCUT2D eigenvalue weighted by atomic mass is 10.1. The molecule has 0 unspecified atom stereocenters. The SMILES string of the molecule is C/C(=N\NC(=O)CN(c1ccc(C)cc1)S(=O)(=O)c1ccc(F)cc1)c1cccc(NC(=O)c2cccc(Cl)c2)c1. The summed E-state index contributed by atoms with van der Waals surface area (Å²) >= 11 is 5.97. The Kier molecular flexibility index (Phi) is 9.16. The third-order valence-corrected chi connectivity index (χ3v) is 8.01. The van der Waals surface area contributed by atoms with E-state index in [2.05, 4.69) is 15.8 Å². The van der Waals surface area contributed by atoms with E-state index >= 15 is 0 Å². The highest BCUT2D eigenvalue weighted by molar-refractivity contribution is 7.92. The highest BCUT2D eigenvalue weighted by atomic mass is 35.5. The molecule has 0 radical (unpaired) electrons.